The predicted octanol–water partition coefficient (Wildman–Crippen LogP) is 0.455. The van der Waals surface area contributed by atoms with Gasteiger partial charge in [-0.15, -0.1) is 0 Å². The molecule has 1 aromatic rings. The number of pyridine rings is 1. The van der Waals surface area contributed by atoms with E-state index in [4.69, 9.17) is 21.4 Å². The number of methoxy groups -OCH3 is 1. The van der Waals surface area contributed by atoms with Gasteiger partial charge in [0.05, 0.1) is 5.02 Å². The van der Waals surface area contributed by atoms with Crippen LogP contribution in [0, 0.1) is 5.92 Å². The van der Waals surface area contributed by atoms with E-state index in [1.54, 1.807) is 0 Å². The fourth-order valence-electron chi connectivity index (χ4n) is 2.03. The summed E-state index contributed by atoms with van der Waals surface area (Å²) in [6, 6.07) is 1.31. The minimum Gasteiger partial charge on any atom is -0.479 e. The summed E-state index contributed by atoms with van der Waals surface area (Å²) in [5, 5.41) is 9.16. The van der Waals surface area contributed by atoms with Crippen molar-refractivity contribution in [1.82, 2.24) is 9.29 Å². The summed E-state index contributed by atoms with van der Waals surface area (Å²) in [4.78, 5) is 14.6. The molecule has 2 rings (SSSR count). The molecule has 1 aliphatic rings. The van der Waals surface area contributed by atoms with Crippen LogP contribution < -0.4 is 0 Å². The maximum absolute atomic E-state index is 12.2. The highest BCUT2D eigenvalue weighted by molar-refractivity contribution is 7.89. The van der Waals surface area contributed by atoms with Gasteiger partial charge in [-0.2, -0.15) is 4.31 Å². The summed E-state index contributed by atoms with van der Waals surface area (Å²) in [7, 11) is -2.40. The highest BCUT2D eigenvalue weighted by atomic mass is 35.5. The molecule has 0 aromatic carbocycles. The van der Waals surface area contributed by atoms with Crippen molar-refractivity contribution in [3.8, 4) is 0 Å². The Balaban J connectivity index is 2.10. The highest BCUT2D eigenvalue weighted by Gasteiger charge is 2.43. The second-order valence-electron chi connectivity index (χ2n) is 4.42. The van der Waals surface area contributed by atoms with Gasteiger partial charge in [0.15, 0.2) is 6.10 Å². The molecule has 2 heterocycles. The van der Waals surface area contributed by atoms with E-state index < -0.39 is 22.1 Å². The van der Waals surface area contributed by atoms with Gasteiger partial charge in [0, 0.05) is 38.5 Å². The third kappa shape index (κ3) is 2.78. The number of sulfonamides is 1. The van der Waals surface area contributed by atoms with Gasteiger partial charge in [-0.05, 0) is 6.07 Å². The molecular formula is C11H13ClN2O5S. The number of hydrogen-bond donors (Lipinski definition) is 1. The van der Waals surface area contributed by atoms with Gasteiger partial charge < -0.3 is 9.84 Å². The normalized spacial score (nSPS) is 18.5. The summed E-state index contributed by atoms with van der Waals surface area (Å²) in [6.45, 7) is 0.194. The van der Waals surface area contributed by atoms with Crippen molar-refractivity contribution < 1.29 is 23.1 Å². The summed E-state index contributed by atoms with van der Waals surface area (Å²) in [5.74, 6) is -1.46. The fraction of sp³-hybridized carbons (Fsp3) is 0.455. The van der Waals surface area contributed by atoms with Crippen LogP contribution in [0.25, 0.3) is 0 Å². The minimum atomic E-state index is -3.69. The SMILES string of the molecule is COC(C(=O)O)C1CN(S(=O)(=O)c2cncc(Cl)c2)C1. The van der Waals surface area contributed by atoms with Gasteiger partial charge in [0.2, 0.25) is 10.0 Å². The molecule has 1 atom stereocenters. The van der Waals surface area contributed by atoms with Crippen LogP contribution in [0.1, 0.15) is 0 Å². The van der Waals surface area contributed by atoms with Crippen LogP contribution in [0.15, 0.2) is 23.4 Å². The molecule has 1 aromatic heterocycles. The zero-order valence-electron chi connectivity index (χ0n) is 10.6. The van der Waals surface area contributed by atoms with Gasteiger partial charge in [-0.1, -0.05) is 11.6 Å². The molecule has 1 fully saturated rings. The molecule has 0 amide bonds. The standard InChI is InChI=1S/C11H13ClN2O5S/c1-19-10(11(15)16)7-5-14(6-7)20(17,18)9-2-8(12)3-13-4-9/h2-4,7,10H,5-6H2,1H3,(H,15,16). The van der Waals surface area contributed by atoms with Crippen molar-refractivity contribution in [3.63, 3.8) is 0 Å². The van der Waals surface area contributed by atoms with Crippen LogP contribution in [0.3, 0.4) is 0 Å². The van der Waals surface area contributed by atoms with Crippen LogP contribution in [-0.4, -0.2) is 55.1 Å². The number of halogens is 1. The maximum Gasteiger partial charge on any atom is 0.333 e. The Morgan fingerprint density at radius 2 is 2.20 bits per heavy atom. The van der Waals surface area contributed by atoms with E-state index in [2.05, 4.69) is 4.98 Å². The van der Waals surface area contributed by atoms with Crippen LogP contribution in [0.4, 0.5) is 0 Å². The van der Waals surface area contributed by atoms with Crippen molar-refractivity contribution in [1.29, 1.82) is 0 Å². The van der Waals surface area contributed by atoms with E-state index >= 15 is 0 Å². The lowest BCUT2D eigenvalue weighted by Crippen LogP contribution is -2.56. The van der Waals surface area contributed by atoms with Crippen LogP contribution in [-0.2, 0) is 19.6 Å². The topological polar surface area (TPSA) is 96.8 Å². The molecule has 0 spiro atoms. The molecule has 0 bridgehead atoms. The first-order chi connectivity index (χ1) is 9.36. The van der Waals surface area contributed by atoms with E-state index in [0.29, 0.717) is 0 Å². The zero-order valence-corrected chi connectivity index (χ0v) is 12.1. The van der Waals surface area contributed by atoms with Crippen LogP contribution in [0.5, 0.6) is 0 Å². The largest absolute Gasteiger partial charge is 0.479 e. The molecule has 9 heteroatoms. The first-order valence-corrected chi connectivity index (χ1v) is 7.54. The van der Waals surface area contributed by atoms with Gasteiger partial charge in [-0.25, -0.2) is 13.2 Å². The van der Waals surface area contributed by atoms with E-state index in [0.717, 1.165) is 0 Å². The van der Waals surface area contributed by atoms with Crippen molar-refractivity contribution in [3.05, 3.63) is 23.5 Å². The number of aliphatic carboxylic acids is 1. The number of carboxylic acid groups (broad SMARTS) is 1. The summed E-state index contributed by atoms with van der Waals surface area (Å²) < 4.78 is 30.5. The zero-order chi connectivity index (χ0) is 14.9. The quantitative estimate of drug-likeness (QED) is 0.846. The van der Waals surface area contributed by atoms with Gasteiger partial charge >= 0.3 is 5.97 Å². The first-order valence-electron chi connectivity index (χ1n) is 5.72. The highest BCUT2D eigenvalue weighted by Crippen LogP contribution is 2.28. The third-order valence-electron chi connectivity index (χ3n) is 3.12. The number of nitrogens with zero attached hydrogens (tertiary/aromatic N) is 2. The van der Waals surface area contributed by atoms with Crippen LogP contribution >= 0.6 is 11.6 Å². The van der Waals surface area contributed by atoms with Crippen molar-refractivity contribution in [2.45, 2.75) is 11.0 Å². The molecule has 0 saturated carbocycles. The van der Waals surface area contributed by atoms with Crippen molar-refractivity contribution in [2.24, 2.45) is 5.92 Å². The van der Waals surface area contributed by atoms with E-state index in [1.807, 2.05) is 0 Å². The monoisotopic (exact) mass is 320 g/mol. The molecule has 7 nitrogen and oxygen atoms in total. The lowest BCUT2D eigenvalue weighted by atomic mass is 9.96. The summed E-state index contributed by atoms with van der Waals surface area (Å²) >= 11 is 5.72. The lowest BCUT2D eigenvalue weighted by molar-refractivity contribution is -0.154. The number of rotatable bonds is 5. The van der Waals surface area contributed by atoms with Crippen molar-refractivity contribution >= 4 is 27.6 Å². The number of carbonyl (C=O) groups is 1. The summed E-state index contributed by atoms with van der Waals surface area (Å²) in [6.07, 6.45) is 1.55. The Kier molecular flexibility index (Phi) is 4.28. The second kappa shape index (κ2) is 5.65. The Morgan fingerprint density at radius 3 is 2.70 bits per heavy atom. The lowest BCUT2D eigenvalue weighted by Gasteiger charge is -2.40. The number of ether oxygens (including phenoxy) is 1. The summed E-state index contributed by atoms with van der Waals surface area (Å²) in [5.41, 5.74) is 0. The van der Waals surface area contributed by atoms with E-state index in [-0.39, 0.29) is 28.9 Å². The molecule has 1 saturated heterocycles. The Labute approximate surface area is 121 Å². The number of carboxylic acids is 1. The van der Waals surface area contributed by atoms with Gasteiger partial charge in [-0.3, -0.25) is 4.98 Å². The van der Waals surface area contributed by atoms with E-state index in [1.165, 1.54) is 29.9 Å². The third-order valence-corrected chi connectivity index (χ3v) is 5.12. The molecule has 110 valence electrons. The first kappa shape index (κ1) is 15.2. The number of aromatic nitrogens is 1. The molecule has 20 heavy (non-hydrogen) atoms. The molecule has 0 aliphatic carbocycles. The van der Waals surface area contributed by atoms with Crippen molar-refractivity contribution in [2.75, 3.05) is 20.2 Å². The Morgan fingerprint density at radius 1 is 1.55 bits per heavy atom. The fourth-order valence-corrected chi connectivity index (χ4v) is 3.82. The average molecular weight is 321 g/mol. The van der Waals surface area contributed by atoms with E-state index in [9.17, 15) is 13.2 Å². The molecule has 1 aliphatic heterocycles. The average Bonchev–Trinajstić information content (AvgIpc) is 2.32. The smallest absolute Gasteiger partial charge is 0.333 e. The number of hydrogen-bond acceptors (Lipinski definition) is 5. The molecular weight excluding hydrogens is 308 g/mol. The Hall–Kier alpha value is -1.22. The molecule has 1 N–H and O–H groups in total. The Bertz CT molecular complexity index is 615. The maximum atomic E-state index is 12.2. The predicted molar refractivity (Wildman–Crippen MR) is 69.9 cm³/mol. The van der Waals surface area contributed by atoms with Crippen LogP contribution in [0.2, 0.25) is 5.02 Å². The molecule has 1 unspecified atom stereocenters. The molecule has 0 radical (unpaired) electrons. The second-order valence-corrected chi connectivity index (χ2v) is 6.79. The van der Waals surface area contributed by atoms with Gasteiger partial charge in [0.1, 0.15) is 4.90 Å². The minimum absolute atomic E-state index is 0.00672. The van der Waals surface area contributed by atoms with Gasteiger partial charge in [0.25, 0.3) is 0 Å².